The highest BCUT2D eigenvalue weighted by Crippen LogP contribution is 2.19. The molecule has 0 aliphatic carbocycles. The monoisotopic (exact) mass is 263 g/mol. The molecule has 0 amide bonds. The summed E-state index contributed by atoms with van der Waals surface area (Å²) < 4.78 is 0. The van der Waals surface area contributed by atoms with Crippen LogP contribution < -0.4 is 11.1 Å². The van der Waals surface area contributed by atoms with Crippen molar-refractivity contribution >= 4 is 23.0 Å². The number of nitrogens with two attached hydrogens (primary N) is 1. The molecule has 0 radical (unpaired) electrons. The zero-order chi connectivity index (χ0) is 13.0. The van der Waals surface area contributed by atoms with E-state index in [1.54, 1.807) is 0 Å². The first-order valence-electron chi connectivity index (χ1n) is 6.54. The van der Waals surface area contributed by atoms with E-state index in [0.29, 0.717) is 11.2 Å². The largest absolute Gasteiger partial charge is 0.376 e. The lowest BCUT2D eigenvalue weighted by molar-refractivity contribution is 0.152. The van der Waals surface area contributed by atoms with Crippen LogP contribution in [-0.2, 0) is 6.54 Å². The minimum atomic E-state index is 0.312. The van der Waals surface area contributed by atoms with E-state index in [1.165, 1.54) is 31.4 Å². The van der Waals surface area contributed by atoms with Crippen molar-refractivity contribution in [1.82, 2.24) is 4.90 Å². The molecule has 0 spiro atoms. The summed E-state index contributed by atoms with van der Waals surface area (Å²) in [5, 5.41) is 3.25. The summed E-state index contributed by atoms with van der Waals surface area (Å²) in [4.78, 5) is 2.56. The van der Waals surface area contributed by atoms with Crippen LogP contribution in [0.2, 0.25) is 0 Å². The molecule has 1 unspecified atom stereocenters. The number of nitrogens with zero attached hydrogens (tertiary/aromatic N) is 1. The number of thiocarbonyl (C=S) groups is 1. The Morgan fingerprint density at radius 1 is 1.39 bits per heavy atom. The van der Waals surface area contributed by atoms with Crippen molar-refractivity contribution in [2.45, 2.75) is 38.8 Å². The van der Waals surface area contributed by atoms with Crippen molar-refractivity contribution in [2.24, 2.45) is 5.73 Å². The third kappa shape index (κ3) is 3.68. The van der Waals surface area contributed by atoms with Crippen molar-refractivity contribution in [3.63, 3.8) is 0 Å². The van der Waals surface area contributed by atoms with Crippen molar-refractivity contribution in [3.8, 4) is 0 Å². The molecule has 0 aromatic heterocycles. The molecule has 0 bridgehead atoms. The first-order chi connectivity index (χ1) is 8.65. The molecule has 1 aliphatic rings. The molecule has 2 rings (SSSR count). The lowest BCUT2D eigenvalue weighted by Gasteiger charge is -2.33. The van der Waals surface area contributed by atoms with Gasteiger partial charge in [-0.1, -0.05) is 18.6 Å². The molecule has 98 valence electrons. The Hall–Kier alpha value is -1.13. The number of hydrogen-bond donors (Lipinski definition) is 2. The smallest absolute Gasteiger partial charge is 0.168 e. The van der Waals surface area contributed by atoms with Gasteiger partial charge in [0.25, 0.3) is 0 Å². The van der Waals surface area contributed by atoms with Crippen molar-refractivity contribution < 1.29 is 0 Å². The molecule has 4 heteroatoms. The zero-order valence-corrected chi connectivity index (χ0v) is 11.7. The minimum absolute atomic E-state index is 0.312. The van der Waals surface area contributed by atoms with Crippen LogP contribution in [0.4, 0.5) is 5.69 Å². The summed E-state index contributed by atoms with van der Waals surface area (Å²) in [6, 6.07) is 9.05. The van der Waals surface area contributed by atoms with Crippen LogP contribution in [0.25, 0.3) is 0 Å². The van der Waals surface area contributed by atoms with Crippen LogP contribution >= 0.6 is 12.2 Å². The van der Waals surface area contributed by atoms with Crippen LogP contribution in [-0.4, -0.2) is 22.6 Å². The second kappa shape index (κ2) is 6.16. The molecular formula is C14H21N3S. The Labute approximate surface area is 114 Å². The molecule has 1 aromatic carbocycles. The van der Waals surface area contributed by atoms with Gasteiger partial charge in [-0.05, 0) is 56.2 Å². The zero-order valence-electron chi connectivity index (χ0n) is 10.9. The van der Waals surface area contributed by atoms with E-state index in [9.17, 15) is 0 Å². The summed E-state index contributed by atoms with van der Waals surface area (Å²) in [5.41, 5.74) is 7.74. The van der Waals surface area contributed by atoms with Gasteiger partial charge >= 0.3 is 0 Å². The van der Waals surface area contributed by atoms with Gasteiger partial charge in [0.2, 0.25) is 0 Å². The van der Waals surface area contributed by atoms with Gasteiger partial charge in [0, 0.05) is 18.3 Å². The average molecular weight is 263 g/mol. The van der Waals surface area contributed by atoms with Gasteiger partial charge in [0.05, 0.1) is 0 Å². The normalized spacial score (nSPS) is 20.6. The van der Waals surface area contributed by atoms with Gasteiger partial charge in [-0.15, -0.1) is 0 Å². The van der Waals surface area contributed by atoms with E-state index in [-0.39, 0.29) is 0 Å². The number of piperidine rings is 1. The molecule has 1 heterocycles. The first kappa shape index (κ1) is 13.3. The predicted molar refractivity (Wildman–Crippen MR) is 80.6 cm³/mol. The molecule has 1 aromatic rings. The van der Waals surface area contributed by atoms with E-state index < -0.39 is 0 Å². The second-order valence-corrected chi connectivity index (χ2v) is 5.44. The molecule has 3 N–H and O–H groups in total. The van der Waals surface area contributed by atoms with Crippen LogP contribution in [0.3, 0.4) is 0 Å². The SMILES string of the molecule is CC1CCCCN1Cc1ccc(NC(N)=S)cc1. The Morgan fingerprint density at radius 2 is 2.11 bits per heavy atom. The van der Waals surface area contributed by atoms with Gasteiger partial charge in [0.15, 0.2) is 5.11 Å². The highest BCUT2D eigenvalue weighted by atomic mass is 32.1. The third-order valence-corrected chi connectivity index (χ3v) is 3.65. The van der Waals surface area contributed by atoms with Crippen LogP contribution in [0.1, 0.15) is 31.7 Å². The maximum Gasteiger partial charge on any atom is 0.168 e. The number of benzene rings is 1. The summed E-state index contributed by atoms with van der Waals surface area (Å²) in [6.45, 7) is 4.57. The lowest BCUT2D eigenvalue weighted by atomic mass is 10.0. The van der Waals surface area contributed by atoms with Crippen LogP contribution in [0, 0.1) is 0 Å². The van der Waals surface area contributed by atoms with Crippen molar-refractivity contribution in [3.05, 3.63) is 29.8 Å². The van der Waals surface area contributed by atoms with Crippen LogP contribution in [0.15, 0.2) is 24.3 Å². The van der Waals surface area contributed by atoms with Crippen molar-refractivity contribution in [1.29, 1.82) is 0 Å². The number of likely N-dealkylation sites (tertiary alicyclic amines) is 1. The quantitative estimate of drug-likeness (QED) is 0.823. The molecule has 1 aliphatic heterocycles. The number of rotatable bonds is 3. The lowest BCUT2D eigenvalue weighted by Crippen LogP contribution is -2.36. The van der Waals surface area contributed by atoms with Crippen LogP contribution in [0.5, 0.6) is 0 Å². The van der Waals surface area contributed by atoms with Gasteiger partial charge in [-0.2, -0.15) is 0 Å². The molecule has 1 saturated heterocycles. The fraction of sp³-hybridized carbons (Fsp3) is 0.500. The Kier molecular flexibility index (Phi) is 4.55. The average Bonchev–Trinajstić information content (AvgIpc) is 2.34. The fourth-order valence-electron chi connectivity index (χ4n) is 2.46. The van der Waals surface area contributed by atoms with E-state index in [1.807, 2.05) is 12.1 Å². The van der Waals surface area contributed by atoms with E-state index in [0.717, 1.165) is 12.2 Å². The van der Waals surface area contributed by atoms with E-state index in [2.05, 4.69) is 29.3 Å². The number of anilines is 1. The Bertz CT molecular complexity index is 402. The fourth-order valence-corrected chi connectivity index (χ4v) is 2.58. The van der Waals surface area contributed by atoms with E-state index in [4.69, 9.17) is 18.0 Å². The topological polar surface area (TPSA) is 41.3 Å². The highest BCUT2D eigenvalue weighted by molar-refractivity contribution is 7.80. The molecule has 1 fully saturated rings. The summed E-state index contributed by atoms with van der Waals surface area (Å²) >= 11 is 4.82. The molecule has 0 saturated carbocycles. The molecule has 3 nitrogen and oxygen atoms in total. The van der Waals surface area contributed by atoms with Crippen molar-refractivity contribution in [2.75, 3.05) is 11.9 Å². The van der Waals surface area contributed by atoms with Gasteiger partial charge in [-0.25, -0.2) is 0 Å². The summed E-state index contributed by atoms with van der Waals surface area (Å²) in [7, 11) is 0. The van der Waals surface area contributed by atoms with Gasteiger partial charge < -0.3 is 11.1 Å². The Morgan fingerprint density at radius 3 is 2.72 bits per heavy atom. The molecule has 1 atom stereocenters. The second-order valence-electron chi connectivity index (χ2n) is 5.00. The van der Waals surface area contributed by atoms with Gasteiger partial charge in [0.1, 0.15) is 0 Å². The summed E-state index contributed by atoms with van der Waals surface area (Å²) in [5.74, 6) is 0. The maximum absolute atomic E-state index is 5.44. The third-order valence-electron chi connectivity index (χ3n) is 3.55. The van der Waals surface area contributed by atoms with Gasteiger partial charge in [-0.3, -0.25) is 4.90 Å². The highest BCUT2D eigenvalue weighted by Gasteiger charge is 2.17. The number of hydrogen-bond acceptors (Lipinski definition) is 2. The molecular weight excluding hydrogens is 242 g/mol. The molecule has 18 heavy (non-hydrogen) atoms. The predicted octanol–water partition coefficient (Wildman–Crippen LogP) is 2.72. The Balaban J connectivity index is 1.95. The minimum Gasteiger partial charge on any atom is -0.376 e. The standard InChI is InChI=1S/C14H21N3S/c1-11-4-2-3-9-17(11)10-12-5-7-13(8-6-12)16-14(15)18/h5-8,11H,2-4,9-10H2,1H3,(H3,15,16,18). The van der Waals surface area contributed by atoms with E-state index >= 15 is 0 Å². The maximum atomic E-state index is 5.44. The number of nitrogens with one attached hydrogen (secondary N) is 1. The summed E-state index contributed by atoms with van der Waals surface area (Å²) in [6.07, 6.45) is 4.01. The first-order valence-corrected chi connectivity index (χ1v) is 6.95.